The lowest BCUT2D eigenvalue weighted by Crippen LogP contribution is -2.42. The van der Waals surface area contributed by atoms with Gasteiger partial charge in [-0.25, -0.2) is 9.59 Å². The first-order chi connectivity index (χ1) is 16.7. The molecule has 4 atom stereocenters. The average molecular weight is 512 g/mol. The van der Waals surface area contributed by atoms with E-state index in [4.69, 9.17) is 29.4 Å². The summed E-state index contributed by atoms with van der Waals surface area (Å²) in [6.45, 7) is 12.2. The van der Waals surface area contributed by atoms with Crippen LogP contribution in [0.25, 0.3) is 0 Å². The largest absolute Gasteiger partial charge is 0.513 e. The lowest BCUT2D eigenvalue weighted by molar-refractivity contribution is -0.148. The minimum atomic E-state index is -1.39. The topological polar surface area (TPSA) is 161 Å². The van der Waals surface area contributed by atoms with Crippen LogP contribution in [0.15, 0.2) is 18.2 Å². The predicted octanol–water partition coefficient (Wildman–Crippen LogP) is 4.11. The molecule has 0 aliphatic carbocycles. The molecule has 1 aromatic carbocycles. The molecule has 11 heteroatoms. The molecule has 36 heavy (non-hydrogen) atoms. The summed E-state index contributed by atoms with van der Waals surface area (Å²) in [6, 6.07) is 2.78. The minimum absolute atomic E-state index is 0.0483. The lowest BCUT2D eigenvalue weighted by Gasteiger charge is -2.31. The Bertz CT molecular complexity index is 914. The van der Waals surface area contributed by atoms with E-state index in [1.54, 1.807) is 13.8 Å². The maximum Gasteiger partial charge on any atom is 0.513 e. The molecule has 0 saturated carbocycles. The van der Waals surface area contributed by atoms with Crippen molar-refractivity contribution in [2.75, 3.05) is 13.2 Å². The fourth-order valence-electron chi connectivity index (χ4n) is 3.26. The van der Waals surface area contributed by atoms with E-state index in [-0.39, 0.29) is 36.5 Å². The molecule has 0 aliphatic rings. The molecule has 11 nitrogen and oxygen atoms in total. The molecule has 1 aromatic rings. The fraction of sp³-hybridized carbons (Fsp3) is 0.600. The van der Waals surface area contributed by atoms with Crippen LogP contribution in [0.1, 0.15) is 59.9 Å². The van der Waals surface area contributed by atoms with Gasteiger partial charge in [0.15, 0.2) is 11.5 Å². The SMILES string of the molecule is CC(=O)OC(C)C(C)C(c1ccc(OC(=O)OCC(C)C)c(OC(=O)OCC(C)C)c1)[C@H](N)C(=O)O. The number of hydrogen-bond acceptors (Lipinski definition) is 10. The molecule has 0 aromatic heterocycles. The number of carbonyl (C=O) groups is 4. The first-order valence-electron chi connectivity index (χ1n) is 11.7. The number of rotatable bonds is 12. The Kier molecular flexibility index (Phi) is 12.2. The monoisotopic (exact) mass is 511 g/mol. The van der Waals surface area contributed by atoms with Crippen LogP contribution >= 0.6 is 0 Å². The first-order valence-corrected chi connectivity index (χ1v) is 11.7. The predicted molar refractivity (Wildman–Crippen MR) is 129 cm³/mol. The summed E-state index contributed by atoms with van der Waals surface area (Å²) in [5.74, 6) is -3.45. The molecule has 0 bridgehead atoms. The standard InChI is InChI=1S/C25H37NO10/c1-13(2)11-32-24(30)35-19-9-8-18(10-20(19)36-25(31)33-12-14(3)4)21(22(26)23(28)29)15(5)16(6)34-17(7)27/h8-10,13-16,21-22H,11-12,26H2,1-7H3,(H,28,29)/t15?,16?,21?,22-/m0/s1. The van der Waals surface area contributed by atoms with E-state index >= 15 is 0 Å². The van der Waals surface area contributed by atoms with Crippen molar-refractivity contribution < 1.29 is 48.0 Å². The molecule has 0 aliphatic heterocycles. The molecular weight excluding hydrogens is 474 g/mol. The smallest absolute Gasteiger partial charge is 0.480 e. The maximum absolute atomic E-state index is 12.3. The highest BCUT2D eigenvalue weighted by Gasteiger charge is 2.35. The second-order valence-electron chi connectivity index (χ2n) is 9.38. The van der Waals surface area contributed by atoms with Crippen molar-refractivity contribution in [2.45, 2.75) is 66.5 Å². The van der Waals surface area contributed by atoms with Gasteiger partial charge < -0.3 is 34.5 Å². The molecule has 3 unspecified atom stereocenters. The molecule has 0 amide bonds. The van der Waals surface area contributed by atoms with Crippen molar-refractivity contribution in [1.82, 2.24) is 0 Å². The van der Waals surface area contributed by atoms with Crippen LogP contribution in [-0.2, 0) is 23.8 Å². The van der Waals surface area contributed by atoms with Crippen molar-refractivity contribution in [3.05, 3.63) is 23.8 Å². The van der Waals surface area contributed by atoms with Gasteiger partial charge in [-0.05, 0) is 36.5 Å². The molecule has 202 valence electrons. The van der Waals surface area contributed by atoms with Gasteiger partial charge in [-0.2, -0.15) is 0 Å². The molecular formula is C25H37NO10. The first kappa shape index (κ1) is 30.7. The summed E-state index contributed by atoms with van der Waals surface area (Å²) in [6.07, 6.45) is -2.73. The zero-order valence-electron chi connectivity index (χ0n) is 21.8. The Morgan fingerprint density at radius 2 is 1.36 bits per heavy atom. The van der Waals surface area contributed by atoms with Crippen molar-refractivity contribution in [2.24, 2.45) is 23.5 Å². The van der Waals surface area contributed by atoms with E-state index in [2.05, 4.69) is 0 Å². The number of carbonyl (C=O) groups excluding carboxylic acids is 3. The second-order valence-corrected chi connectivity index (χ2v) is 9.38. The molecule has 0 fully saturated rings. The second kappa shape index (κ2) is 14.3. The van der Waals surface area contributed by atoms with E-state index < -0.39 is 48.2 Å². The van der Waals surface area contributed by atoms with Gasteiger partial charge in [0.25, 0.3) is 0 Å². The molecule has 0 spiro atoms. The Morgan fingerprint density at radius 1 is 0.861 bits per heavy atom. The van der Waals surface area contributed by atoms with Gasteiger partial charge in [0.05, 0.1) is 13.2 Å². The van der Waals surface area contributed by atoms with Crippen LogP contribution < -0.4 is 15.2 Å². The van der Waals surface area contributed by atoms with Gasteiger partial charge in [-0.3, -0.25) is 9.59 Å². The Balaban J connectivity index is 3.41. The van der Waals surface area contributed by atoms with Gasteiger partial charge in [-0.15, -0.1) is 0 Å². The number of aliphatic carboxylic acids is 1. The van der Waals surface area contributed by atoms with Crippen molar-refractivity contribution in [1.29, 1.82) is 0 Å². The number of ether oxygens (including phenoxy) is 5. The maximum atomic E-state index is 12.3. The van der Waals surface area contributed by atoms with Crippen molar-refractivity contribution >= 4 is 24.2 Å². The summed E-state index contributed by atoms with van der Waals surface area (Å²) in [4.78, 5) is 47.6. The van der Waals surface area contributed by atoms with Gasteiger partial charge in [0.1, 0.15) is 12.1 Å². The van der Waals surface area contributed by atoms with Crippen molar-refractivity contribution in [3.8, 4) is 11.5 Å². The lowest BCUT2D eigenvalue weighted by atomic mass is 9.79. The highest BCUT2D eigenvalue weighted by Crippen LogP contribution is 2.37. The minimum Gasteiger partial charge on any atom is -0.480 e. The summed E-state index contributed by atoms with van der Waals surface area (Å²) in [7, 11) is 0. The van der Waals surface area contributed by atoms with Crippen LogP contribution in [-0.4, -0.2) is 54.7 Å². The third-order valence-electron chi connectivity index (χ3n) is 5.14. The van der Waals surface area contributed by atoms with Gasteiger partial charge in [0.2, 0.25) is 0 Å². The third kappa shape index (κ3) is 10.1. The number of nitrogens with two attached hydrogens (primary N) is 1. The number of carboxylic acid groups (broad SMARTS) is 1. The van der Waals surface area contributed by atoms with Gasteiger partial charge in [0, 0.05) is 18.8 Å². The average Bonchev–Trinajstić information content (AvgIpc) is 2.77. The van der Waals surface area contributed by atoms with E-state index in [1.807, 2.05) is 27.7 Å². The third-order valence-corrected chi connectivity index (χ3v) is 5.14. The summed E-state index contributed by atoms with van der Waals surface area (Å²) >= 11 is 0. The number of carboxylic acids is 1. The van der Waals surface area contributed by atoms with Crippen LogP contribution in [0.5, 0.6) is 11.5 Å². The normalized spacial score (nSPS) is 14.4. The highest BCUT2D eigenvalue weighted by molar-refractivity contribution is 5.75. The molecule has 1 rings (SSSR count). The summed E-state index contributed by atoms with van der Waals surface area (Å²) in [5.41, 5.74) is 6.36. The Hall–Kier alpha value is -3.34. The summed E-state index contributed by atoms with van der Waals surface area (Å²) in [5, 5.41) is 9.62. The number of benzene rings is 1. The highest BCUT2D eigenvalue weighted by atomic mass is 16.7. The Morgan fingerprint density at radius 3 is 1.81 bits per heavy atom. The molecule has 0 saturated heterocycles. The zero-order valence-corrected chi connectivity index (χ0v) is 21.8. The van der Waals surface area contributed by atoms with E-state index in [0.29, 0.717) is 5.56 Å². The van der Waals surface area contributed by atoms with Crippen LogP contribution in [0.3, 0.4) is 0 Å². The van der Waals surface area contributed by atoms with E-state index in [9.17, 15) is 24.3 Å². The quantitative estimate of drug-likeness (QED) is 0.236. The zero-order chi connectivity index (χ0) is 27.6. The molecule has 0 heterocycles. The number of esters is 1. The van der Waals surface area contributed by atoms with E-state index in [0.717, 1.165) is 0 Å². The van der Waals surface area contributed by atoms with Crippen molar-refractivity contribution in [3.63, 3.8) is 0 Å². The van der Waals surface area contributed by atoms with E-state index in [1.165, 1.54) is 25.1 Å². The van der Waals surface area contributed by atoms with Crippen LogP contribution in [0, 0.1) is 17.8 Å². The molecule has 3 N–H and O–H groups in total. The molecule has 0 radical (unpaired) electrons. The van der Waals surface area contributed by atoms with Gasteiger partial charge in [-0.1, -0.05) is 40.7 Å². The Labute approximate surface area is 211 Å². The van der Waals surface area contributed by atoms with Gasteiger partial charge >= 0.3 is 24.2 Å². The fourth-order valence-corrected chi connectivity index (χ4v) is 3.26. The van der Waals surface area contributed by atoms with Crippen LogP contribution in [0.2, 0.25) is 0 Å². The summed E-state index contributed by atoms with van der Waals surface area (Å²) < 4.78 is 25.8. The van der Waals surface area contributed by atoms with Crippen LogP contribution in [0.4, 0.5) is 9.59 Å². The number of hydrogen-bond donors (Lipinski definition) is 2.